The average Bonchev–Trinajstić information content (AvgIpc) is 3.33. The Hall–Kier alpha value is -4.88. The van der Waals surface area contributed by atoms with Crippen molar-refractivity contribution in [2.45, 2.75) is 39.3 Å². The Morgan fingerprint density at radius 2 is 1.85 bits per heavy atom. The van der Waals surface area contributed by atoms with Gasteiger partial charge in [0.1, 0.15) is 23.2 Å². The molecule has 0 radical (unpaired) electrons. The number of nitrogen functional groups attached to an aromatic ring is 1. The molecule has 0 saturated carbocycles. The standard InChI is InChI=1S/C30H30N10/c1-19-16-25-30(35-20(19)2)40(29(37-25)24-4-3-12-34-28(24)32)23-7-5-21(6-8-23)18-39-14-10-22(11-15-39)36-26-9-13-33-27(17-31)38-26/h3-9,12-13,16,22H,10-11,14-15,18H2,1-2H3,(H2,32,34)(H,33,36,38)/i22D. The molecule has 0 unspecified atom stereocenters. The first-order valence-electron chi connectivity index (χ1n) is 13.7. The molecule has 3 N–H and O–H groups in total. The molecule has 5 aromatic rings. The zero-order valence-electron chi connectivity index (χ0n) is 23.5. The van der Waals surface area contributed by atoms with Gasteiger partial charge in [0.25, 0.3) is 0 Å². The molecule has 1 fully saturated rings. The molecule has 0 spiro atoms. The number of nitriles is 1. The number of piperidine rings is 1. The molecule has 5 heterocycles. The van der Waals surface area contributed by atoms with Crippen molar-refractivity contribution in [1.82, 2.24) is 34.4 Å². The van der Waals surface area contributed by atoms with Crippen LogP contribution in [0.4, 0.5) is 11.6 Å². The van der Waals surface area contributed by atoms with E-state index in [1.165, 1.54) is 11.8 Å². The first kappa shape index (κ1) is 24.2. The van der Waals surface area contributed by atoms with Gasteiger partial charge in [-0.1, -0.05) is 12.1 Å². The second kappa shape index (κ2) is 10.7. The lowest BCUT2D eigenvalue weighted by Crippen LogP contribution is -2.38. The van der Waals surface area contributed by atoms with Crippen LogP contribution in [0.3, 0.4) is 0 Å². The number of imidazole rings is 1. The molecule has 1 aliphatic rings. The number of rotatable bonds is 6. The second-order valence-electron chi connectivity index (χ2n) is 9.99. The number of hydrogen-bond acceptors (Lipinski definition) is 9. The molecule has 0 atom stereocenters. The zero-order chi connectivity index (χ0) is 28.6. The number of nitrogens with one attached hydrogen (secondary N) is 1. The zero-order valence-corrected chi connectivity index (χ0v) is 22.5. The lowest BCUT2D eigenvalue weighted by molar-refractivity contribution is 0.211. The fourth-order valence-corrected chi connectivity index (χ4v) is 5.00. The summed E-state index contributed by atoms with van der Waals surface area (Å²) in [7, 11) is 0. The highest BCUT2D eigenvalue weighted by atomic mass is 15.2. The van der Waals surface area contributed by atoms with Crippen LogP contribution in [0.2, 0.25) is 0 Å². The van der Waals surface area contributed by atoms with Crippen molar-refractivity contribution in [3.8, 4) is 23.1 Å². The normalized spacial score (nSPS) is 15.5. The van der Waals surface area contributed by atoms with E-state index in [4.69, 9.17) is 22.3 Å². The molecule has 4 aromatic heterocycles. The number of nitrogens with zero attached hydrogens (tertiary/aromatic N) is 8. The number of hydrogen-bond donors (Lipinski definition) is 2. The van der Waals surface area contributed by atoms with Crippen molar-refractivity contribution >= 4 is 22.8 Å². The molecule has 1 aromatic carbocycles. The molecule has 10 heteroatoms. The minimum Gasteiger partial charge on any atom is -0.383 e. The minimum atomic E-state index is -0.835. The fraction of sp³-hybridized carbons (Fsp3) is 0.267. The van der Waals surface area contributed by atoms with Crippen molar-refractivity contribution < 1.29 is 1.37 Å². The van der Waals surface area contributed by atoms with Crippen molar-refractivity contribution in [3.05, 3.63) is 83.6 Å². The van der Waals surface area contributed by atoms with Gasteiger partial charge in [-0.15, -0.1) is 0 Å². The van der Waals surface area contributed by atoms with E-state index < -0.39 is 6.02 Å². The minimum absolute atomic E-state index is 0.0974. The Balaban J connectivity index is 1.21. The first-order chi connectivity index (χ1) is 19.8. The van der Waals surface area contributed by atoms with Gasteiger partial charge >= 0.3 is 0 Å². The number of likely N-dealkylation sites (tertiary alicyclic amines) is 1. The van der Waals surface area contributed by atoms with E-state index in [2.05, 4.69) is 55.5 Å². The Morgan fingerprint density at radius 3 is 2.60 bits per heavy atom. The molecule has 0 amide bonds. The summed E-state index contributed by atoms with van der Waals surface area (Å²) < 4.78 is 10.9. The number of benzene rings is 1. The Labute approximate surface area is 234 Å². The van der Waals surface area contributed by atoms with Gasteiger partial charge in [-0.2, -0.15) is 5.26 Å². The highest BCUT2D eigenvalue weighted by molar-refractivity contribution is 5.83. The molecular weight excluding hydrogens is 500 g/mol. The van der Waals surface area contributed by atoms with Crippen LogP contribution in [0.15, 0.2) is 60.9 Å². The quantitative estimate of drug-likeness (QED) is 0.326. The summed E-state index contributed by atoms with van der Waals surface area (Å²) in [6.45, 7) is 6.37. The van der Waals surface area contributed by atoms with E-state index in [-0.39, 0.29) is 5.82 Å². The summed E-state index contributed by atoms with van der Waals surface area (Å²) in [4.78, 5) is 24.5. The summed E-state index contributed by atoms with van der Waals surface area (Å²) in [6.07, 6.45) is 4.49. The van der Waals surface area contributed by atoms with Gasteiger partial charge in [0.2, 0.25) is 5.82 Å². The van der Waals surface area contributed by atoms with E-state index in [1.807, 2.05) is 36.6 Å². The molecule has 10 nitrogen and oxygen atoms in total. The van der Waals surface area contributed by atoms with E-state index >= 15 is 0 Å². The second-order valence-corrected chi connectivity index (χ2v) is 9.99. The number of aryl methyl sites for hydroxylation is 2. The Bertz CT molecular complexity index is 1770. The third-order valence-corrected chi connectivity index (χ3v) is 7.28. The van der Waals surface area contributed by atoms with E-state index in [0.29, 0.717) is 30.3 Å². The summed E-state index contributed by atoms with van der Waals surface area (Å²) in [5, 5.41) is 12.2. The summed E-state index contributed by atoms with van der Waals surface area (Å²) in [5.41, 5.74) is 12.8. The van der Waals surface area contributed by atoms with Gasteiger partial charge in [-0.05, 0) is 74.2 Å². The van der Waals surface area contributed by atoms with Crippen molar-refractivity contribution in [2.24, 2.45) is 0 Å². The summed E-state index contributed by atoms with van der Waals surface area (Å²) >= 11 is 0. The number of fused-ring (bicyclic) bond motifs is 1. The number of pyridine rings is 2. The van der Waals surface area contributed by atoms with Crippen LogP contribution in [-0.2, 0) is 6.54 Å². The summed E-state index contributed by atoms with van der Waals surface area (Å²) in [5.74, 6) is 1.73. The number of nitrogens with two attached hydrogens (primary N) is 1. The smallest absolute Gasteiger partial charge is 0.234 e. The SMILES string of the molecule is [2H]C1(Nc2ccnc(C#N)n2)CCN(Cc2ccc(-n3c(-c4cccnc4N)nc4cc(C)c(C)nc43)cc2)CC1. The highest BCUT2D eigenvalue weighted by Crippen LogP contribution is 2.31. The number of aromatic nitrogens is 6. The topological polar surface area (TPSA) is 134 Å². The molecule has 40 heavy (non-hydrogen) atoms. The third kappa shape index (κ3) is 5.07. The van der Waals surface area contributed by atoms with Crippen molar-refractivity contribution in [3.63, 3.8) is 0 Å². The van der Waals surface area contributed by atoms with Crippen LogP contribution in [0.5, 0.6) is 0 Å². The van der Waals surface area contributed by atoms with E-state index in [0.717, 1.165) is 53.3 Å². The van der Waals surface area contributed by atoms with Crippen LogP contribution in [0.1, 0.15) is 36.9 Å². The summed E-state index contributed by atoms with van der Waals surface area (Å²) in [6, 6.07) is 17.1. The lowest BCUT2D eigenvalue weighted by atomic mass is 10.0. The Morgan fingerprint density at radius 1 is 1.05 bits per heavy atom. The highest BCUT2D eigenvalue weighted by Gasteiger charge is 2.21. The van der Waals surface area contributed by atoms with E-state index in [1.54, 1.807) is 12.3 Å². The maximum absolute atomic E-state index is 9.05. The van der Waals surface area contributed by atoms with Crippen LogP contribution in [0.25, 0.3) is 28.2 Å². The van der Waals surface area contributed by atoms with Crippen LogP contribution in [0, 0.1) is 25.2 Å². The molecule has 0 aliphatic carbocycles. The molecule has 1 aliphatic heterocycles. The average molecular weight is 532 g/mol. The third-order valence-electron chi connectivity index (χ3n) is 7.28. The largest absolute Gasteiger partial charge is 0.383 e. The van der Waals surface area contributed by atoms with Gasteiger partial charge in [-0.25, -0.2) is 24.9 Å². The molecule has 1 saturated heterocycles. The van der Waals surface area contributed by atoms with Gasteiger partial charge in [0.05, 0.1) is 6.93 Å². The molecule has 200 valence electrons. The number of anilines is 2. The first-order valence-corrected chi connectivity index (χ1v) is 13.2. The fourth-order valence-electron chi connectivity index (χ4n) is 5.00. The van der Waals surface area contributed by atoms with Crippen LogP contribution in [-0.4, -0.2) is 53.5 Å². The lowest BCUT2D eigenvalue weighted by Gasteiger charge is -2.32. The van der Waals surface area contributed by atoms with Gasteiger partial charge in [0, 0.05) is 49.4 Å². The van der Waals surface area contributed by atoms with Crippen LogP contribution >= 0.6 is 0 Å². The monoisotopic (exact) mass is 531 g/mol. The van der Waals surface area contributed by atoms with Gasteiger partial charge < -0.3 is 11.1 Å². The molecular formula is C30H30N10. The van der Waals surface area contributed by atoms with E-state index in [9.17, 15) is 0 Å². The molecule has 6 rings (SSSR count). The molecule has 0 bridgehead atoms. The maximum atomic E-state index is 9.05. The van der Waals surface area contributed by atoms with Gasteiger partial charge in [-0.3, -0.25) is 9.47 Å². The maximum Gasteiger partial charge on any atom is 0.234 e. The van der Waals surface area contributed by atoms with Crippen LogP contribution < -0.4 is 11.1 Å². The van der Waals surface area contributed by atoms with Gasteiger partial charge in [0.15, 0.2) is 11.5 Å². The van der Waals surface area contributed by atoms with Crippen molar-refractivity contribution in [2.75, 3.05) is 24.1 Å². The Kier molecular flexibility index (Phi) is 6.47. The predicted molar refractivity (Wildman–Crippen MR) is 155 cm³/mol. The predicted octanol–water partition coefficient (Wildman–Crippen LogP) is 4.42. The van der Waals surface area contributed by atoms with Crippen molar-refractivity contribution in [1.29, 1.82) is 5.26 Å².